The lowest BCUT2D eigenvalue weighted by molar-refractivity contribution is -0.173. The highest BCUT2D eigenvalue weighted by Crippen LogP contribution is 2.14. The fourth-order valence-corrected chi connectivity index (χ4v) is 2.38. The Morgan fingerprint density at radius 3 is 2.56 bits per heavy atom. The molecule has 1 amide bonds. The molecule has 1 rings (SSSR count). The molecule has 7 nitrogen and oxygen atoms in total. The van der Waals surface area contributed by atoms with Gasteiger partial charge in [0.2, 0.25) is 0 Å². The van der Waals surface area contributed by atoms with Crippen LogP contribution in [0.3, 0.4) is 0 Å². The minimum Gasteiger partial charge on any atom is -0.450 e. The lowest BCUT2D eigenvalue weighted by Gasteiger charge is -2.32. The second kappa shape index (κ2) is 11.0. The number of carbonyl (C=O) groups excluding carboxylic acids is 1. The molecule has 146 valence electrons. The predicted octanol–water partition coefficient (Wildman–Crippen LogP) is 1.74. The molecule has 0 aromatic heterocycles. The Morgan fingerprint density at radius 2 is 2.00 bits per heavy atom. The van der Waals surface area contributed by atoms with Crippen LogP contribution in [0.4, 0.5) is 18.0 Å². The van der Waals surface area contributed by atoms with Crippen LogP contribution >= 0.6 is 0 Å². The molecule has 1 fully saturated rings. The molecular weight excluding hydrogens is 341 g/mol. The minimum absolute atomic E-state index is 0.0292. The van der Waals surface area contributed by atoms with Gasteiger partial charge < -0.3 is 25.0 Å². The van der Waals surface area contributed by atoms with E-state index in [9.17, 15) is 18.0 Å². The van der Waals surface area contributed by atoms with E-state index < -0.39 is 12.8 Å². The number of guanidine groups is 1. The molecule has 0 atom stereocenters. The van der Waals surface area contributed by atoms with E-state index in [2.05, 4.69) is 20.4 Å². The van der Waals surface area contributed by atoms with Crippen molar-refractivity contribution in [3.63, 3.8) is 0 Å². The summed E-state index contributed by atoms with van der Waals surface area (Å²) in [4.78, 5) is 17.4. The number of nitrogens with zero attached hydrogens (tertiary/aromatic N) is 2. The summed E-state index contributed by atoms with van der Waals surface area (Å²) >= 11 is 0. The Balaban J connectivity index is 2.17. The van der Waals surface area contributed by atoms with Crippen LogP contribution in [0.2, 0.25) is 0 Å². The van der Waals surface area contributed by atoms with Gasteiger partial charge in [0, 0.05) is 39.3 Å². The van der Waals surface area contributed by atoms with E-state index >= 15 is 0 Å². The molecule has 25 heavy (non-hydrogen) atoms. The van der Waals surface area contributed by atoms with Crippen LogP contribution < -0.4 is 10.6 Å². The molecule has 1 aliphatic rings. The Kier molecular flexibility index (Phi) is 9.40. The van der Waals surface area contributed by atoms with Gasteiger partial charge in [-0.05, 0) is 26.2 Å². The summed E-state index contributed by atoms with van der Waals surface area (Å²) in [5.74, 6) is 0.588. The van der Waals surface area contributed by atoms with Gasteiger partial charge in [0.15, 0.2) is 5.96 Å². The van der Waals surface area contributed by atoms with Crippen molar-refractivity contribution in [3.05, 3.63) is 0 Å². The number of halogens is 3. The number of aliphatic imine (C=N–C) groups is 1. The standard InChI is InChI=1S/C15H27F3N4O3/c1-3-25-14(23)22-8-5-12(6-9-22)21-13(19-2)20-7-4-10-24-11-15(16,17)18/h12H,3-11H2,1-2H3,(H2,19,20,21). The van der Waals surface area contributed by atoms with Crippen LogP contribution in [0.1, 0.15) is 26.2 Å². The van der Waals surface area contributed by atoms with Crippen molar-refractivity contribution in [3.8, 4) is 0 Å². The number of ether oxygens (including phenoxy) is 2. The van der Waals surface area contributed by atoms with Gasteiger partial charge in [-0.1, -0.05) is 0 Å². The van der Waals surface area contributed by atoms with E-state index in [1.807, 2.05) is 0 Å². The molecule has 0 spiro atoms. The highest BCUT2D eigenvalue weighted by atomic mass is 19.4. The van der Waals surface area contributed by atoms with Gasteiger partial charge in [-0.25, -0.2) is 4.79 Å². The number of rotatable bonds is 7. The zero-order valence-electron chi connectivity index (χ0n) is 14.7. The summed E-state index contributed by atoms with van der Waals surface area (Å²) in [6.45, 7) is 2.62. The van der Waals surface area contributed by atoms with E-state index in [-0.39, 0.29) is 18.7 Å². The van der Waals surface area contributed by atoms with Crippen LogP contribution in [0.25, 0.3) is 0 Å². The van der Waals surface area contributed by atoms with Crippen LogP contribution in [0, 0.1) is 0 Å². The number of hydrogen-bond acceptors (Lipinski definition) is 4. The van der Waals surface area contributed by atoms with E-state index in [0.717, 1.165) is 12.8 Å². The maximum absolute atomic E-state index is 11.9. The average molecular weight is 368 g/mol. The summed E-state index contributed by atoms with van der Waals surface area (Å²) in [5.41, 5.74) is 0. The number of amides is 1. The molecule has 0 radical (unpaired) electrons. The first-order chi connectivity index (χ1) is 11.9. The number of hydrogen-bond donors (Lipinski definition) is 2. The van der Waals surface area contributed by atoms with E-state index in [1.165, 1.54) is 0 Å². The van der Waals surface area contributed by atoms with E-state index in [4.69, 9.17) is 4.74 Å². The Morgan fingerprint density at radius 1 is 1.32 bits per heavy atom. The Bertz CT molecular complexity index is 425. The molecule has 1 aliphatic heterocycles. The third kappa shape index (κ3) is 9.37. The first-order valence-electron chi connectivity index (χ1n) is 8.39. The fraction of sp³-hybridized carbons (Fsp3) is 0.867. The van der Waals surface area contributed by atoms with Crippen molar-refractivity contribution in [2.24, 2.45) is 4.99 Å². The largest absolute Gasteiger partial charge is 0.450 e. The van der Waals surface area contributed by atoms with Crippen LogP contribution in [0.15, 0.2) is 4.99 Å². The monoisotopic (exact) mass is 368 g/mol. The van der Waals surface area contributed by atoms with Crippen molar-refractivity contribution in [2.45, 2.75) is 38.4 Å². The van der Waals surface area contributed by atoms with Gasteiger partial charge in [-0.15, -0.1) is 0 Å². The SMILES string of the molecule is CCOC(=O)N1CCC(NC(=NC)NCCCOCC(F)(F)F)CC1. The summed E-state index contributed by atoms with van der Waals surface area (Å²) in [7, 11) is 1.63. The second-order valence-corrected chi connectivity index (χ2v) is 5.62. The fourth-order valence-electron chi connectivity index (χ4n) is 2.38. The molecule has 10 heteroatoms. The number of nitrogens with one attached hydrogen (secondary N) is 2. The Hall–Kier alpha value is -1.71. The van der Waals surface area contributed by atoms with Crippen LogP contribution in [-0.2, 0) is 9.47 Å². The normalized spacial score (nSPS) is 16.7. The van der Waals surface area contributed by atoms with Gasteiger partial charge >= 0.3 is 12.3 Å². The van der Waals surface area contributed by atoms with Gasteiger partial charge in [-0.2, -0.15) is 13.2 Å². The number of likely N-dealkylation sites (tertiary alicyclic amines) is 1. The van der Waals surface area contributed by atoms with Gasteiger partial charge in [-0.3, -0.25) is 4.99 Å². The highest BCUT2D eigenvalue weighted by molar-refractivity contribution is 5.80. The van der Waals surface area contributed by atoms with Crippen molar-refractivity contribution in [2.75, 3.05) is 46.5 Å². The number of carbonyl (C=O) groups is 1. The van der Waals surface area contributed by atoms with Crippen LogP contribution in [-0.4, -0.2) is 75.7 Å². The smallest absolute Gasteiger partial charge is 0.411 e. The quantitative estimate of drug-likeness (QED) is 0.407. The third-order valence-corrected chi connectivity index (χ3v) is 3.61. The number of alkyl halides is 3. The molecule has 0 aromatic carbocycles. The summed E-state index contributed by atoms with van der Waals surface area (Å²) in [6.07, 6.45) is -2.59. The minimum atomic E-state index is -4.29. The lowest BCUT2D eigenvalue weighted by Crippen LogP contribution is -2.50. The molecule has 0 aliphatic carbocycles. The van der Waals surface area contributed by atoms with Crippen molar-refractivity contribution < 1.29 is 27.4 Å². The average Bonchev–Trinajstić information content (AvgIpc) is 2.56. The van der Waals surface area contributed by atoms with E-state index in [0.29, 0.717) is 38.6 Å². The third-order valence-electron chi connectivity index (χ3n) is 3.61. The van der Waals surface area contributed by atoms with Gasteiger partial charge in [0.25, 0.3) is 0 Å². The van der Waals surface area contributed by atoms with E-state index in [1.54, 1.807) is 18.9 Å². The second-order valence-electron chi connectivity index (χ2n) is 5.62. The highest BCUT2D eigenvalue weighted by Gasteiger charge is 2.27. The van der Waals surface area contributed by atoms with Gasteiger partial charge in [0.1, 0.15) is 6.61 Å². The summed E-state index contributed by atoms with van der Waals surface area (Å²) in [6, 6.07) is 0.179. The molecular formula is C15H27F3N4O3. The lowest BCUT2D eigenvalue weighted by atomic mass is 10.1. The summed E-state index contributed by atoms with van der Waals surface area (Å²) in [5, 5.41) is 6.29. The predicted molar refractivity (Wildman–Crippen MR) is 87.6 cm³/mol. The first kappa shape index (κ1) is 21.3. The molecule has 0 bridgehead atoms. The maximum Gasteiger partial charge on any atom is 0.411 e. The molecule has 1 heterocycles. The number of piperidine rings is 1. The molecule has 0 unspecified atom stereocenters. The first-order valence-corrected chi connectivity index (χ1v) is 8.39. The molecule has 2 N–H and O–H groups in total. The Labute approximate surface area is 145 Å². The van der Waals surface area contributed by atoms with Crippen molar-refractivity contribution in [1.29, 1.82) is 0 Å². The molecule has 1 saturated heterocycles. The zero-order chi connectivity index (χ0) is 18.7. The molecule has 0 aromatic rings. The molecule has 0 saturated carbocycles. The topological polar surface area (TPSA) is 75.2 Å². The summed E-state index contributed by atoms with van der Waals surface area (Å²) < 4.78 is 45.3. The zero-order valence-corrected chi connectivity index (χ0v) is 14.7. The van der Waals surface area contributed by atoms with Gasteiger partial charge in [0.05, 0.1) is 6.61 Å². The maximum atomic E-state index is 11.9. The van der Waals surface area contributed by atoms with Crippen molar-refractivity contribution >= 4 is 12.1 Å². The van der Waals surface area contributed by atoms with Crippen molar-refractivity contribution in [1.82, 2.24) is 15.5 Å². The van der Waals surface area contributed by atoms with Crippen LogP contribution in [0.5, 0.6) is 0 Å².